The minimum absolute atomic E-state index is 0.315. The quantitative estimate of drug-likeness (QED) is 0.802. The van der Waals surface area contributed by atoms with E-state index < -0.39 is 37.1 Å². The zero-order valence-corrected chi connectivity index (χ0v) is 11.9. The molecule has 0 radical (unpaired) electrons. The van der Waals surface area contributed by atoms with Gasteiger partial charge >= 0.3 is 0 Å². The molecule has 8 heteroatoms. The van der Waals surface area contributed by atoms with Crippen molar-refractivity contribution in [2.24, 2.45) is 0 Å². The van der Waals surface area contributed by atoms with Crippen LogP contribution in [0.3, 0.4) is 0 Å². The van der Waals surface area contributed by atoms with Crippen LogP contribution in [0.25, 0.3) is 0 Å². The molecule has 0 N–H and O–H groups in total. The zero-order chi connectivity index (χ0) is 14.8. The van der Waals surface area contributed by atoms with Gasteiger partial charge in [-0.1, -0.05) is 0 Å². The zero-order valence-electron chi connectivity index (χ0n) is 10.3. The average Bonchev–Trinajstić information content (AvgIpc) is 2.28. The van der Waals surface area contributed by atoms with Crippen LogP contribution in [0.1, 0.15) is 24.2 Å². The van der Waals surface area contributed by atoms with E-state index in [1.54, 1.807) is 13.8 Å². The van der Waals surface area contributed by atoms with Gasteiger partial charge in [0.05, 0.1) is 5.56 Å². The Bertz CT molecular complexity index is 600. The van der Waals surface area contributed by atoms with Gasteiger partial charge in [-0.25, -0.2) is 17.2 Å². The van der Waals surface area contributed by atoms with Crippen molar-refractivity contribution in [3.63, 3.8) is 0 Å². The third-order valence-corrected chi connectivity index (χ3v) is 3.90. The molecule has 0 heterocycles. The van der Waals surface area contributed by atoms with E-state index in [9.17, 15) is 22.0 Å². The molecule has 0 fully saturated rings. The van der Waals surface area contributed by atoms with Gasteiger partial charge in [-0.2, -0.15) is 0 Å². The number of halogens is 3. The first kappa shape index (κ1) is 15.8. The predicted molar refractivity (Wildman–Crippen MR) is 66.6 cm³/mol. The lowest BCUT2D eigenvalue weighted by Gasteiger charge is -2.19. The van der Waals surface area contributed by atoms with Gasteiger partial charge in [0, 0.05) is 29.8 Å². The molecule has 0 aliphatic rings. The minimum Gasteiger partial charge on any atom is -0.339 e. The van der Waals surface area contributed by atoms with E-state index in [1.807, 2.05) is 0 Å². The summed E-state index contributed by atoms with van der Waals surface area (Å²) in [7, 11) is 0.639. The summed E-state index contributed by atoms with van der Waals surface area (Å²) in [4.78, 5) is 12.3. The summed E-state index contributed by atoms with van der Waals surface area (Å²) in [6, 6.07) is 0.958. The second-order valence-corrected chi connectivity index (χ2v) is 6.21. The van der Waals surface area contributed by atoms with Crippen molar-refractivity contribution < 1.29 is 22.0 Å². The topological polar surface area (TPSA) is 54.5 Å². The van der Waals surface area contributed by atoms with Gasteiger partial charge in [-0.05, 0) is 19.9 Å². The number of carbonyl (C=O) groups is 1. The third kappa shape index (κ3) is 3.42. The second-order valence-electron chi connectivity index (χ2n) is 3.68. The van der Waals surface area contributed by atoms with Crippen LogP contribution in [0.5, 0.6) is 0 Å². The fraction of sp³-hybridized carbons (Fsp3) is 0.364. The summed E-state index contributed by atoms with van der Waals surface area (Å²) < 4.78 is 49.2. The van der Waals surface area contributed by atoms with Gasteiger partial charge in [0.15, 0.2) is 0 Å². The van der Waals surface area contributed by atoms with Crippen LogP contribution in [-0.4, -0.2) is 32.3 Å². The molecule has 4 nitrogen and oxygen atoms in total. The molecule has 0 bridgehead atoms. The lowest BCUT2D eigenvalue weighted by molar-refractivity contribution is 0.0768. The molecular formula is C11H12ClF2NO3S. The van der Waals surface area contributed by atoms with E-state index in [4.69, 9.17) is 10.7 Å². The molecule has 0 spiro atoms. The summed E-state index contributed by atoms with van der Waals surface area (Å²) in [5, 5.41) is 0. The molecule has 1 aromatic rings. The van der Waals surface area contributed by atoms with E-state index >= 15 is 0 Å². The lowest BCUT2D eigenvalue weighted by Crippen LogP contribution is -2.31. The summed E-state index contributed by atoms with van der Waals surface area (Å²) >= 11 is 0. The first-order valence-electron chi connectivity index (χ1n) is 5.45. The van der Waals surface area contributed by atoms with Crippen LogP contribution < -0.4 is 0 Å². The molecule has 0 unspecified atom stereocenters. The number of rotatable bonds is 4. The lowest BCUT2D eigenvalue weighted by atomic mass is 10.1. The summed E-state index contributed by atoms with van der Waals surface area (Å²) in [5.41, 5.74) is -0.524. The Kier molecular flexibility index (Phi) is 4.86. The van der Waals surface area contributed by atoms with Gasteiger partial charge in [0.25, 0.3) is 15.0 Å². The number of hydrogen-bond acceptors (Lipinski definition) is 3. The SMILES string of the molecule is CCN(CC)C(=O)c1cc(S(=O)(=O)Cl)c(F)cc1F. The van der Waals surface area contributed by atoms with E-state index in [1.165, 1.54) is 4.90 Å². The largest absolute Gasteiger partial charge is 0.339 e. The molecule has 0 saturated carbocycles. The second kappa shape index (κ2) is 5.83. The van der Waals surface area contributed by atoms with Crippen LogP contribution in [0.15, 0.2) is 17.0 Å². The predicted octanol–water partition coefficient (Wildman–Crippen LogP) is 2.37. The highest BCUT2D eigenvalue weighted by molar-refractivity contribution is 8.13. The highest BCUT2D eigenvalue weighted by Gasteiger charge is 2.24. The summed E-state index contributed by atoms with van der Waals surface area (Å²) in [6.07, 6.45) is 0. The standard InChI is InChI=1S/C11H12ClF2NO3S/c1-3-15(4-2)11(16)7-5-10(19(12,17)18)9(14)6-8(7)13/h5-6H,3-4H2,1-2H3. The molecule has 0 aromatic heterocycles. The van der Waals surface area contributed by atoms with Gasteiger partial charge in [-0.15, -0.1) is 0 Å². The maximum Gasteiger partial charge on any atom is 0.264 e. The van der Waals surface area contributed by atoms with Gasteiger partial charge in [0.2, 0.25) is 0 Å². The van der Waals surface area contributed by atoms with E-state index in [2.05, 4.69) is 0 Å². The van der Waals surface area contributed by atoms with Crippen molar-refractivity contribution in [2.45, 2.75) is 18.7 Å². The van der Waals surface area contributed by atoms with Crippen molar-refractivity contribution >= 4 is 25.6 Å². The first-order chi connectivity index (χ1) is 8.72. The Labute approximate surface area is 114 Å². The minimum atomic E-state index is -4.39. The number of benzene rings is 1. The molecular weight excluding hydrogens is 300 g/mol. The van der Waals surface area contributed by atoms with Crippen LogP contribution in [0.4, 0.5) is 8.78 Å². The molecule has 1 rings (SSSR count). The summed E-state index contributed by atoms with van der Waals surface area (Å²) in [6.45, 7) is 3.99. The highest BCUT2D eigenvalue weighted by atomic mass is 35.7. The van der Waals surface area contributed by atoms with Crippen molar-refractivity contribution in [3.8, 4) is 0 Å². The third-order valence-electron chi connectivity index (χ3n) is 2.57. The van der Waals surface area contributed by atoms with Crippen LogP contribution in [0, 0.1) is 11.6 Å². The summed E-state index contributed by atoms with van der Waals surface area (Å²) in [5.74, 6) is -3.17. The molecule has 19 heavy (non-hydrogen) atoms. The molecule has 106 valence electrons. The van der Waals surface area contributed by atoms with Crippen LogP contribution >= 0.6 is 10.7 Å². The van der Waals surface area contributed by atoms with Crippen LogP contribution in [-0.2, 0) is 9.05 Å². The monoisotopic (exact) mass is 311 g/mol. The molecule has 1 aromatic carbocycles. The Balaban J connectivity index is 3.41. The maximum atomic E-state index is 13.6. The molecule has 0 aliphatic carbocycles. The van der Waals surface area contributed by atoms with E-state index in [0.717, 1.165) is 0 Å². The van der Waals surface area contributed by atoms with Crippen molar-refractivity contribution in [1.82, 2.24) is 4.90 Å². The van der Waals surface area contributed by atoms with Gasteiger partial charge in [-0.3, -0.25) is 4.79 Å². The van der Waals surface area contributed by atoms with Crippen molar-refractivity contribution in [1.29, 1.82) is 0 Å². The smallest absolute Gasteiger partial charge is 0.264 e. The Morgan fingerprint density at radius 2 is 1.74 bits per heavy atom. The number of nitrogens with zero attached hydrogens (tertiary/aromatic N) is 1. The normalized spacial score (nSPS) is 11.4. The molecule has 0 saturated heterocycles. The van der Waals surface area contributed by atoms with Gasteiger partial charge < -0.3 is 4.90 Å². The fourth-order valence-corrected chi connectivity index (χ4v) is 2.47. The van der Waals surface area contributed by atoms with E-state index in [-0.39, 0.29) is 0 Å². The molecule has 1 amide bonds. The number of hydrogen-bond donors (Lipinski definition) is 0. The number of amides is 1. The van der Waals surface area contributed by atoms with Gasteiger partial charge in [0.1, 0.15) is 16.5 Å². The first-order valence-corrected chi connectivity index (χ1v) is 7.76. The number of carbonyl (C=O) groups excluding carboxylic acids is 1. The van der Waals surface area contributed by atoms with E-state index in [0.29, 0.717) is 25.2 Å². The Morgan fingerprint density at radius 3 is 2.16 bits per heavy atom. The van der Waals surface area contributed by atoms with Crippen LogP contribution in [0.2, 0.25) is 0 Å². The maximum absolute atomic E-state index is 13.6. The van der Waals surface area contributed by atoms with Crippen molar-refractivity contribution in [2.75, 3.05) is 13.1 Å². The Hall–Kier alpha value is -1.21. The van der Waals surface area contributed by atoms with Crippen molar-refractivity contribution in [3.05, 3.63) is 29.3 Å². The fourth-order valence-electron chi connectivity index (χ4n) is 1.56. The molecule has 0 atom stereocenters. The Morgan fingerprint density at radius 1 is 1.21 bits per heavy atom. The average molecular weight is 312 g/mol. The molecule has 0 aliphatic heterocycles. The highest BCUT2D eigenvalue weighted by Crippen LogP contribution is 2.23.